The Kier molecular flexibility index (Phi) is 5.70. The minimum atomic E-state index is -1.60. The van der Waals surface area contributed by atoms with E-state index in [1.807, 2.05) is 12.4 Å². The van der Waals surface area contributed by atoms with E-state index in [-0.39, 0.29) is 0 Å². The maximum atomic E-state index is 4.46. The number of nitrogens with zero attached hydrogens (tertiary/aromatic N) is 2. The van der Waals surface area contributed by atoms with Gasteiger partial charge >= 0.3 is 0 Å². The molecule has 0 bridgehead atoms. The zero-order valence-electron chi connectivity index (χ0n) is 14.3. The zero-order chi connectivity index (χ0) is 16.1. The Balaban J connectivity index is 2.71. The summed E-state index contributed by atoms with van der Waals surface area (Å²) in [7, 11) is -3.21. The lowest BCUT2D eigenvalue weighted by Gasteiger charge is -2.47. The van der Waals surface area contributed by atoms with Crippen LogP contribution in [0.4, 0.5) is 0 Å². The van der Waals surface area contributed by atoms with Gasteiger partial charge in [0.2, 0.25) is 0 Å². The summed E-state index contributed by atoms with van der Waals surface area (Å²) in [5.74, 6) is 0. The average Bonchev–Trinajstić information content (AvgIpc) is 2.61. The van der Waals surface area contributed by atoms with E-state index in [4.69, 9.17) is 0 Å². The Morgan fingerprint density at radius 2 is 1.05 bits per heavy atom. The van der Waals surface area contributed by atoms with Gasteiger partial charge in [-0.25, -0.2) is 0 Å². The summed E-state index contributed by atoms with van der Waals surface area (Å²) in [5, 5.41) is 3.11. The van der Waals surface area contributed by atoms with E-state index in [1.54, 1.807) is 10.4 Å². The molecule has 0 fully saturated rings. The van der Waals surface area contributed by atoms with Gasteiger partial charge in [0.15, 0.2) is 0 Å². The highest BCUT2D eigenvalue weighted by molar-refractivity contribution is 7.51. The molecule has 2 heterocycles. The first kappa shape index (κ1) is 17.1. The molecular weight excluding hydrogens is 300 g/mol. The fourth-order valence-electron chi connectivity index (χ4n) is 4.51. The Labute approximate surface area is 136 Å². The number of aromatic nitrogens is 2. The molecule has 2 rings (SSSR count). The molecule has 22 heavy (non-hydrogen) atoms. The lowest BCUT2D eigenvalue weighted by Crippen LogP contribution is -2.74. The smallest absolute Gasteiger partial charge is 0.0871 e. The highest BCUT2D eigenvalue weighted by Crippen LogP contribution is 2.32. The van der Waals surface area contributed by atoms with Crippen LogP contribution < -0.4 is 10.4 Å². The minimum absolute atomic E-state index is 1.30. The lowest BCUT2D eigenvalue weighted by molar-refractivity contribution is 1.23. The van der Waals surface area contributed by atoms with Crippen molar-refractivity contribution >= 4 is 25.6 Å². The summed E-state index contributed by atoms with van der Waals surface area (Å²) in [5.41, 5.74) is 0. The summed E-state index contributed by atoms with van der Waals surface area (Å²) in [6, 6.07) is 14.1. The van der Waals surface area contributed by atoms with Crippen LogP contribution in [0.3, 0.4) is 0 Å². The van der Waals surface area contributed by atoms with Crippen LogP contribution in [0.25, 0.3) is 0 Å². The summed E-state index contributed by atoms with van der Waals surface area (Å²) in [4.78, 5) is 8.93. The molecule has 0 atom stereocenters. The predicted molar refractivity (Wildman–Crippen MR) is 101 cm³/mol. The summed E-state index contributed by atoms with van der Waals surface area (Å²) in [6.07, 6.45) is 8.11. The van der Waals surface area contributed by atoms with E-state index in [9.17, 15) is 0 Å². The van der Waals surface area contributed by atoms with E-state index < -0.39 is 15.2 Å². The second kappa shape index (κ2) is 7.33. The molecular formula is C18H28N2Si2. The summed E-state index contributed by atoms with van der Waals surface area (Å²) in [6.45, 7) is 9.64. The molecule has 2 aromatic rings. The Bertz CT molecular complexity index is 511. The second-order valence-electron chi connectivity index (χ2n) is 6.06. The third-order valence-electron chi connectivity index (χ3n) is 5.76. The highest BCUT2D eigenvalue weighted by Gasteiger charge is 2.52. The normalized spacial score (nSPS) is 12.4. The van der Waals surface area contributed by atoms with Crippen molar-refractivity contribution in [2.45, 2.75) is 51.9 Å². The number of pyridine rings is 2. The molecule has 0 aromatic carbocycles. The predicted octanol–water partition coefficient (Wildman–Crippen LogP) is 3.65. The third-order valence-corrected chi connectivity index (χ3v) is 26.7. The van der Waals surface area contributed by atoms with Gasteiger partial charge in [-0.15, -0.1) is 0 Å². The minimum Gasteiger partial charge on any atom is -0.265 e. The van der Waals surface area contributed by atoms with Crippen LogP contribution in [0.2, 0.25) is 24.2 Å². The Hall–Kier alpha value is -1.27. The van der Waals surface area contributed by atoms with Gasteiger partial charge in [0.25, 0.3) is 0 Å². The van der Waals surface area contributed by atoms with Crippen LogP contribution in [0.15, 0.2) is 49.1 Å². The first-order valence-corrected chi connectivity index (χ1v) is 14.3. The van der Waals surface area contributed by atoms with Crippen LogP contribution in [0.1, 0.15) is 27.7 Å². The van der Waals surface area contributed by atoms with Gasteiger partial charge in [0, 0.05) is 24.8 Å². The largest absolute Gasteiger partial charge is 0.265 e. The van der Waals surface area contributed by atoms with Gasteiger partial charge in [-0.3, -0.25) is 9.97 Å². The molecule has 4 heteroatoms. The molecule has 0 unspecified atom stereocenters. The molecule has 2 nitrogen and oxygen atoms in total. The maximum Gasteiger partial charge on any atom is 0.0871 e. The first-order valence-electron chi connectivity index (χ1n) is 8.51. The average molecular weight is 329 g/mol. The van der Waals surface area contributed by atoms with Crippen molar-refractivity contribution in [3.8, 4) is 0 Å². The topological polar surface area (TPSA) is 25.8 Å². The van der Waals surface area contributed by atoms with Crippen molar-refractivity contribution in [3.05, 3.63) is 49.1 Å². The van der Waals surface area contributed by atoms with E-state index in [0.29, 0.717) is 0 Å². The number of hydrogen-bond donors (Lipinski definition) is 0. The van der Waals surface area contributed by atoms with Gasteiger partial charge in [0.05, 0.1) is 15.2 Å². The van der Waals surface area contributed by atoms with Crippen molar-refractivity contribution in [1.82, 2.24) is 9.97 Å². The summed E-state index contributed by atoms with van der Waals surface area (Å²) >= 11 is 0. The Morgan fingerprint density at radius 3 is 1.27 bits per heavy atom. The molecule has 0 amide bonds. The van der Waals surface area contributed by atoms with Crippen LogP contribution in [0, 0.1) is 0 Å². The highest BCUT2D eigenvalue weighted by atomic mass is 29.3. The van der Waals surface area contributed by atoms with Crippen molar-refractivity contribution in [2.24, 2.45) is 0 Å². The lowest BCUT2D eigenvalue weighted by atomic mass is 10.5. The van der Waals surface area contributed by atoms with Gasteiger partial charge < -0.3 is 0 Å². The molecule has 0 spiro atoms. The van der Waals surface area contributed by atoms with Crippen LogP contribution in [-0.4, -0.2) is 25.2 Å². The van der Waals surface area contributed by atoms with Crippen molar-refractivity contribution in [2.75, 3.05) is 0 Å². The molecule has 0 N–H and O–H groups in total. The molecule has 2 aromatic heterocycles. The standard InChI is InChI=1S/C18H28N2Si2/c1-5-21(6-2,17-11-9-13-19-15-17)22(7-3,8-4)18-12-10-14-20-16-18/h9-16H,5-8H2,1-4H3. The van der Waals surface area contributed by atoms with Crippen LogP contribution in [-0.2, 0) is 0 Å². The second-order valence-corrected chi connectivity index (χ2v) is 20.1. The quantitative estimate of drug-likeness (QED) is 0.725. The molecule has 118 valence electrons. The van der Waals surface area contributed by atoms with Crippen molar-refractivity contribution < 1.29 is 0 Å². The zero-order valence-corrected chi connectivity index (χ0v) is 16.3. The number of hydrogen-bond acceptors (Lipinski definition) is 2. The molecule has 0 radical (unpaired) electrons. The monoisotopic (exact) mass is 328 g/mol. The van der Waals surface area contributed by atoms with Crippen LogP contribution >= 0.6 is 0 Å². The molecule has 0 aliphatic carbocycles. The van der Waals surface area contributed by atoms with E-state index >= 15 is 0 Å². The van der Waals surface area contributed by atoms with E-state index in [0.717, 1.165) is 0 Å². The number of rotatable bonds is 7. The van der Waals surface area contributed by atoms with E-state index in [2.05, 4.69) is 74.3 Å². The molecule has 0 saturated carbocycles. The molecule has 0 aliphatic rings. The van der Waals surface area contributed by atoms with Crippen molar-refractivity contribution in [3.63, 3.8) is 0 Å². The SMILES string of the molecule is CC[Si](CC)(c1cccnc1)[Si](CC)(CC)c1cccnc1. The Morgan fingerprint density at radius 1 is 0.682 bits per heavy atom. The van der Waals surface area contributed by atoms with Gasteiger partial charge in [-0.2, -0.15) is 0 Å². The third kappa shape index (κ3) is 2.59. The fourth-order valence-corrected chi connectivity index (χ4v) is 24.8. The van der Waals surface area contributed by atoms with Gasteiger partial charge in [-0.1, -0.05) is 64.0 Å². The van der Waals surface area contributed by atoms with Crippen molar-refractivity contribution in [1.29, 1.82) is 0 Å². The molecule has 0 aliphatic heterocycles. The maximum absolute atomic E-state index is 4.46. The van der Waals surface area contributed by atoms with E-state index in [1.165, 1.54) is 24.2 Å². The fraction of sp³-hybridized carbons (Fsp3) is 0.444. The summed E-state index contributed by atoms with van der Waals surface area (Å²) < 4.78 is 0. The first-order chi connectivity index (χ1) is 10.7. The van der Waals surface area contributed by atoms with Crippen LogP contribution in [0.5, 0.6) is 0 Å². The van der Waals surface area contributed by atoms with Gasteiger partial charge in [0.1, 0.15) is 0 Å². The molecule has 0 saturated heterocycles. The van der Waals surface area contributed by atoms with Gasteiger partial charge in [-0.05, 0) is 22.5 Å².